The van der Waals surface area contributed by atoms with Crippen LogP contribution in [0.4, 0.5) is 0 Å². The molecule has 1 aromatic carbocycles. The first-order valence-electron chi connectivity index (χ1n) is 7.06. The minimum Gasteiger partial charge on any atom is -0.496 e. The molecule has 2 heterocycles. The molecule has 0 spiro atoms. The summed E-state index contributed by atoms with van der Waals surface area (Å²) < 4.78 is 7.51. The highest BCUT2D eigenvalue weighted by Gasteiger charge is 2.24. The van der Waals surface area contributed by atoms with Crippen LogP contribution in [-0.4, -0.2) is 22.7 Å². The van der Waals surface area contributed by atoms with E-state index in [0.717, 1.165) is 41.4 Å². The summed E-state index contributed by atoms with van der Waals surface area (Å²) in [4.78, 5) is 4.80. The summed E-state index contributed by atoms with van der Waals surface area (Å²) in [6.07, 6.45) is 3.13. The van der Waals surface area contributed by atoms with Gasteiger partial charge >= 0.3 is 0 Å². The van der Waals surface area contributed by atoms with E-state index in [1.165, 1.54) is 0 Å². The molecule has 1 aliphatic rings. The van der Waals surface area contributed by atoms with Gasteiger partial charge in [-0.3, -0.25) is 0 Å². The van der Waals surface area contributed by atoms with Crippen LogP contribution in [0.2, 0.25) is 0 Å². The quantitative estimate of drug-likeness (QED) is 0.913. The lowest BCUT2D eigenvalue weighted by Crippen LogP contribution is -2.33. The Labute approximate surface area is 119 Å². The van der Waals surface area contributed by atoms with Crippen molar-refractivity contribution < 1.29 is 4.74 Å². The van der Waals surface area contributed by atoms with Gasteiger partial charge in [-0.25, -0.2) is 4.98 Å². The van der Waals surface area contributed by atoms with E-state index in [9.17, 15) is 0 Å². The van der Waals surface area contributed by atoms with Crippen LogP contribution in [0.25, 0.3) is 11.3 Å². The van der Waals surface area contributed by atoms with Crippen molar-refractivity contribution in [2.24, 2.45) is 5.73 Å². The number of methoxy groups -OCH3 is 1. The zero-order valence-corrected chi connectivity index (χ0v) is 12.3. The standard InChI is InChI=1S/C16H21N3O/c1-10-6-12(4-5-15(10)20-3)14-9-19-8-13(17)7-11(2)16(19)18-14/h4-6,9,11,13H,7-8,17H2,1-3H3. The van der Waals surface area contributed by atoms with Crippen molar-refractivity contribution in [3.8, 4) is 17.0 Å². The molecule has 106 valence electrons. The van der Waals surface area contributed by atoms with Gasteiger partial charge in [-0.05, 0) is 37.1 Å². The van der Waals surface area contributed by atoms with E-state index in [0.29, 0.717) is 5.92 Å². The van der Waals surface area contributed by atoms with Gasteiger partial charge in [-0.15, -0.1) is 0 Å². The normalized spacial score (nSPS) is 21.6. The van der Waals surface area contributed by atoms with Crippen molar-refractivity contribution in [3.63, 3.8) is 0 Å². The number of nitrogens with zero attached hydrogens (tertiary/aromatic N) is 2. The Morgan fingerprint density at radius 3 is 2.90 bits per heavy atom. The molecule has 0 fully saturated rings. The topological polar surface area (TPSA) is 53.1 Å². The second kappa shape index (κ2) is 4.94. The fraction of sp³-hybridized carbons (Fsp3) is 0.438. The second-order valence-electron chi connectivity index (χ2n) is 5.72. The number of rotatable bonds is 2. The van der Waals surface area contributed by atoms with E-state index in [-0.39, 0.29) is 6.04 Å². The van der Waals surface area contributed by atoms with Crippen LogP contribution in [-0.2, 0) is 6.54 Å². The van der Waals surface area contributed by atoms with E-state index >= 15 is 0 Å². The second-order valence-corrected chi connectivity index (χ2v) is 5.72. The van der Waals surface area contributed by atoms with E-state index < -0.39 is 0 Å². The van der Waals surface area contributed by atoms with Crippen molar-refractivity contribution >= 4 is 0 Å². The number of fused-ring (bicyclic) bond motifs is 1. The molecule has 2 aromatic rings. The molecule has 0 amide bonds. The number of hydrogen-bond acceptors (Lipinski definition) is 3. The summed E-state index contributed by atoms with van der Waals surface area (Å²) in [5, 5.41) is 0. The Kier molecular flexibility index (Phi) is 3.26. The summed E-state index contributed by atoms with van der Waals surface area (Å²) in [7, 11) is 1.69. The lowest BCUT2D eigenvalue weighted by molar-refractivity contribution is 0.407. The average molecular weight is 271 g/mol. The van der Waals surface area contributed by atoms with E-state index in [1.807, 2.05) is 6.07 Å². The van der Waals surface area contributed by atoms with Gasteiger partial charge in [-0.2, -0.15) is 0 Å². The molecule has 1 aromatic heterocycles. The Hall–Kier alpha value is -1.81. The summed E-state index contributed by atoms with van der Waals surface area (Å²) in [6, 6.07) is 6.41. The van der Waals surface area contributed by atoms with Gasteiger partial charge in [-0.1, -0.05) is 6.92 Å². The van der Waals surface area contributed by atoms with Gasteiger partial charge in [0.25, 0.3) is 0 Å². The van der Waals surface area contributed by atoms with Crippen LogP contribution in [0.1, 0.15) is 30.7 Å². The fourth-order valence-corrected chi connectivity index (χ4v) is 3.03. The summed E-state index contributed by atoms with van der Waals surface area (Å²) in [5.74, 6) is 2.48. The highest BCUT2D eigenvalue weighted by Crippen LogP contribution is 2.30. The maximum Gasteiger partial charge on any atom is 0.121 e. The minimum absolute atomic E-state index is 0.233. The lowest BCUT2D eigenvalue weighted by atomic mass is 9.98. The van der Waals surface area contributed by atoms with Gasteiger partial charge in [0.2, 0.25) is 0 Å². The lowest BCUT2D eigenvalue weighted by Gasteiger charge is -2.25. The first-order valence-corrected chi connectivity index (χ1v) is 7.06. The van der Waals surface area contributed by atoms with Crippen molar-refractivity contribution in [3.05, 3.63) is 35.8 Å². The van der Waals surface area contributed by atoms with Crippen LogP contribution in [0.15, 0.2) is 24.4 Å². The molecule has 2 atom stereocenters. The van der Waals surface area contributed by atoms with Gasteiger partial charge < -0.3 is 15.0 Å². The summed E-state index contributed by atoms with van der Waals surface area (Å²) >= 11 is 0. The SMILES string of the molecule is COc1ccc(-c2cn3c(n2)C(C)CC(N)C3)cc1C. The molecule has 0 saturated carbocycles. The van der Waals surface area contributed by atoms with E-state index in [1.54, 1.807) is 7.11 Å². The monoisotopic (exact) mass is 271 g/mol. The Morgan fingerprint density at radius 2 is 2.20 bits per heavy atom. The molecule has 4 heteroatoms. The van der Waals surface area contributed by atoms with Gasteiger partial charge in [0, 0.05) is 30.3 Å². The molecule has 0 bridgehead atoms. The molecule has 3 rings (SSSR count). The van der Waals surface area contributed by atoms with Crippen molar-refractivity contribution in [2.75, 3.05) is 7.11 Å². The number of nitrogens with two attached hydrogens (primary N) is 1. The number of benzene rings is 1. The highest BCUT2D eigenvalue weighted by molar-refractivity contribution is 5.62. The zero-order valence-electron chi connectivity index (χ0n) is 12.3. The molecule has 0 radical (unpaired) electrons. The van der Waals surface area contributed by atoms with Crippen molar-refractivity contribution in [1.82, 2.24) is 9.55 Å². The smallest absolute Gasteiger partial charge is 0.121 e. The Bertz CT molecular complexity index is 633. The minimum atomic E-state index is 0.233. The number of imidazole rings is 1. The first-order chi connectivity index (χ1) is 9.58. The Balaban J connectivity index is 1.99. The number of aryl methyl sites for hydroxylation is 1. The molecule has 2 unspecified atom stereocenters. The maximum absolute atomic E-state index is 6.08. The van der Waals surface area contributed by atoms with Gasteiger partial charge in [0.15, 0.2) is 0 Å². The largest absolute Gasteiger partial charge is 0.496 e. The predicted octanol–water partition coefficient (Wildman–Crippen LogP) is 2.70. The number of hydrogen-bond donors (Lipinski definition) is 1. The Morgan fingerprint density at radius 1 is 1.40 bits per heavy atom. The number of ether oxygens (including phenoxy) is 1. The zero-order chi connectivity index (χ0) is 14.3. The predicted molar refractivity (Wildman–Crippen MR) is 80.0 cm³/mol. The van der Waals surface area contributed by atoms with Crippen LogP contribution >= 0.6 is 0 Å². The third-order valence-corrected chi connectivity index (χ3v) is 4.03. The molecular formula is C16H21N3O. The maximum atomic E-state index is 6.08. The van der Waals surface area contributed by atoms with Gasteiger partial charge in [0.05, 0.1) is 12.8 Å². The van der Waals surface area contributed by atoms with Crippen molar-refractivity contribution in [1.29, 1.82) is 0 Å². The molecule has 0 aliphatic carbocycles. The molecule has 4 nitrogen and oxygen atoms in total. The third kappa shape index (κ3) is 2.20. The van der Waals surface area contributed by atoms with Crippen LogP contribution in [0, 0.1) is 6.92 Å². The fourth-order valence-electron chi connectivity index (χ4n) is 3.03. The van der Waals surface area contributed by atoms with Gasteiger partial charge in [0.1, 0.15) is 11.6 Å². The molecule has 20 heavy (non-hydrogen) atoms. The van der Waals surface area contributed by atoms with Crippen molar-refractivity contribution in [2.45, 2.75) is 38.8 Å². The molecule has 1 aliphatic heterocycles. The van der Waals surface area contributed by atoms with Crippen LogP contribution < -0.4 is 10.5 Å². The van der Waals surface area contributed by atoms with Crippen LogP contribution in [0.5, 0.6) is 5.75 Å². The third-order valence-electron chi connectivity index (χ3n) is 4.03. The summed E-state index contributed by atoms with van der Waals surface area (Å²) in [6.45, 7) is 5.11. The number of aromatic nitrogens is 2. The average Bonchev–Trinajstić information content (AvgIpc) is 2.82. The molecule has 2 N–H and O–H groups in total. The summed E-state index contributed by atoms with van der Waals surface area (Å²) in [5.41, 5.74) is 9.36. The molecular weight excluding hydrogens is 250 g/mol. The first kappa shape index (κ1) is 13.2. The molecule has 0 saturated heterocycles. The highest BCUT2D eigenvalue weighted by atomic mass is 16.5. The van der Waals surface area contributed by atoms with E-state index in [4.69, 9.17) is 15.5 Å². The van der Waals surface area contributed by atoms with E-state index in [2.05, 4.69) is 36.7 Å². The van der Waals surface area contributed by atoms with Crippen LogP contribution in [0.3, 0.4) is 0 Å².